The summed E-state index contributed by atoms with van der Waals surface area (Å²) in [5, 5.41) is 2.95. The lowest BCUT2D eigenvalue weighted by Crippen LogP contribution is -2.42. The number of benzene rings is 1. The molecule has 5 heteroatoms. The summed E-state index contributed by atoms with van der Waals surface area (Å²) < 4.78 is 5.26. The first-order valence-corrected chi connectivity index (χ1v) is 7.37. The van der Waals surface area contributed by atoms with Crippen LogP contribution in [0.15, 0.2) is 24.3 Å². The molecule has 1 aromatic carbocycles. The Morgan fingerprint density at radius 1 is 1.52 bits per heavy atom. The number of hydrogen-bond donors (Lipinski definition) is 2. The van der Waals surface area contributed by atoms with E-state index >= 15 is 0 Å². The lowest BCUT2D eigenvalue weighted by atomic mass is 9.90. The van der Waals surface area contributed by atoms with Gasteiger partial charge in [0.15, 0.2) is 0 Å². The zero-order valence-electron chi connectivity index (χ0n) is 13.1. The Morgan fingerprint density at radius 2 is 2.24 bits per heavy atom. The second-order valence-electron chi connectivity index (χ2n) is 6.10. The second-order valence-corrected chi connectivity index (χ2v) is 6.10. The van der Waals surface area contributed by atoms with E-state index in [-0.39, 0.29) is 17.4 Å². The molecule has 116 valence electrons. The van der Waals surface area contributed by atoms with Gasteiger partial charge in [0.05, 0.1) is 18.8 Å². The van der Waals surface area contributed by atoms with E-state index in [0.29, 0.717) is 18.0 Å². The van der Waals surface area contributed by atoms with Crippen LogP contribution in [0.5, 0.6) is 5.75 Å². The lowest BCUT2D eigenvalue weighted by Gasteiger charge is -2.26. The van der Waals surface area contributed by atoms with Crippen molar-refractivity contribution in [2.45, 2.75) is 26.3 Å². The smallest absolute Gasteiger partial charge is 0.241 e. The summed E-state index contributed by atoms with van der Waals surface area (Å²) in [6.07, 6.45) is 1.04. The van der Waals surface area contributed by atoms with E-state index in [0.717, 1.165) is 19.5 Å². The molecule has 0 spiro atoms. The minimum atomic E-state index is -0.178. The molecule has 1 heterocycles. The summed E-state index contributed by atoms with van der Waals surface area (Å²) in [6.45, 7) is 6.55. The summed E-state index contributed by atoms with van der Waals surface area (Å²) in [5.41, 5.74) is 6.65. The molecule has 0 bridgehead atoms. The molecule has 1 saturated heterocycles. The third kappa shape index (κ3) is 3.54. The van der Waals surface area contributed by atoms with Crippen molar-refractivity contribution in [3.8, 4) is 5.75 Å². The van der Waals surface area contributed by atoms with Gasteiger partial charge >= 0.3 is 0 Å². The number of hydrogen-bond acceptors (Lipinski definition) is 4. The van der Waals surface area contributed by atoms with Gasteiger partial charge in [-0.15, -0.1) is 0 Å². The Balaban J connectivity index is 2.00. The average Bonchev–Trinajstić information content (AvgIpc) is 2.90. The number of carbonyl (C=O) groups is 1. The number of ether oxygens (including phenoxy) is 1. The summed E-state index contributed by atoms with van der Waals surface area (Å²) in [4.78, 5) is 14.6. The summed E-state index contributed by atoms with van der Waals surface area (Å²) in [5.74, 6) is 0.659. The van der Waals surface area contributed by atoms with E-state index in [1.807, 2.05) is 31.2 Å². The van der Waals surface area contributed by atoms with Crippen molar-refractivity contribution in [2.24, 2.45) is 11.1 Å². The van der Waals surface area contributed by atoms with Crippen LogP contribution in [0.3, 0.4) is 0 Å². The highest BCUT2D eigenvalue weighted by Crippen LogP contribution is 2.30. The number of nitrogens with zero attached hydrogens (tertiary/aromatic N) is 1. The molecule has 1 fully saturated rings. The molecule has 1 aliphatic heterocycles. The fraction of sp³-hybridized carbons (Fsp3) is 0.562. The number of nitrogens with two attached hydrogens (primary N) is 1. The molecular weight excluding hydrogens is 266 g/mol. The van der Waals surface area contributed by atoms with Crippen LogP contribution < -0.4 is 15.8 Å². The van der Waals surface area contributed by atoms with E-state index in [2.05, 4.69) is 17.1 Å². The standard InChI is InChI=1S/C16H25N3O2/c1-12(19-9-8-16(2,10-17)11-19)15(20)18-13-6-4-5-7-14(13)21-3/h4-7,12H,8-11,17H2,1-3H3,(H,18,20). The van der Waals surface area contributed by atoms with Gasteiger partial charge in [-0.2, -0.15) is 0 Å². The lowest BCUT2D eigenvalue weighted by molar-refractivity contribution is -0.120. The van der Waals surface area contributed by atoms with Gasteiger partial charge in [-0.25, -0.2) is 0 Å². The SMILES string of the molecule is COc1ccccc1NC(=O)C(C)N1CCC(C)(CN)C1. The fourth-order valence-corrected chi connectivity index (χ4v) is 2.71. The van der Waals surface area contributed by atoms with E-state index in [9.17, 15) is 4.79 Å². The maximum absolute atomic E-state index is 12.4. The van der Waals surface area contributed by atoms with E-state index < -0.39 is 0 Å². The second kappa shape index (κ2) is 6.45. The largest absolute Gasteiger partial charge is 0.495 e. The molecule has 1 aliphatic rings. The van der Waals surface area contributed by atoms with Crippen LogP contribution in [0.2, 0.25) is 0 Å². The van der Waals surface area contributed by atoms with Crippen molar-refractivity contribution in [1.82, 2.24) is 4.90 Å². The molecule has 2 rings (SSSR count). The third-order valence-corrected chi connectivity index (χ3v) is 4.37. The van der Waals surface area contributed by atoms with Crippen molar-refractivity contribution < 1.29 is 9.53 Å². The van der Waals surface area contributed by atoms with Crippen molar-refractivity contribution in [2.75, 3.05) is 32.1 Å². The maximum Gasteiger partial charge on any atom is 0.241 e. The van der Waals surface area contributed by atoms with Crippen LogP contribution in [-0.4, -0.2) is 43.6 Å². The predicted octanol–water partition coefficient (Wildman–Crippen LogP) is 1.69. The Bertz CT molecular complexity index is 506. The molecule has 0 aromatic heterocycles. The highest BCUT2D eigenvalue weighted by atomic mass is 16.5. The Kier molecular flexibility index (Phi) is 4.85. The van der Waals surface area contributed by atoms with E-state index in [1.54, 1.807) is 7.11 Å². The van der Waals surface area contributed by atoms with Gasteiger partial charge in [-0.05, 0) is 44.0 Å². The average molecular weight is 291 g/mol. The van der Waals surface area contributed by atoms with Gasteiger partial charge in [0, 0.05) is 6.54 Å². The van der Waals surface area contributed by atoms with Crippen LogP contribution >= 0.6 is 0 Å². The van der Waals surface area contributed by atoms with Crippen molar-refractivity contribution in [3.63, 3.8) is 0 Å². The first-order chi connectivity index (χ1) is 9.99. The first-order valence-electron chi connectivity index (χ1n) is 7.37. The Labute approximate surface area is 126 Å². The summed E-state index contributed by atoms with van der Waals surface area (Å²) >= 11 is 0. The third-order valence-electron chi connectivity index (χ3n) is 4.37. The molecule has 2 unspecified atom stereocenters. The zero-order chi connectivity index (χ0) is 15.5. The number of nitrogens with one attached hydrogen (secondary N) is 1. The number of likely N-dealkylation sites (tertiary alicyclic amines) is 1. The number of carbonyl (C=O) groups excluding carboxylic acids is 1. The van der Waals surface area contributed by atoms with Crippen LogP contribution in [0.1, 0.15) is 20.3 Å². The molecule has 2 atom stereocenters. The minimum Gasteiger partial charge on any atom is -0.495 e. The van der Waals surface area contributed by atoms with Crippen LogP contribution in [0.4, 0.5) is 5.69 Å². The van der Waals surface area contributed by atoms with E-state index in [4.69, 9.17) is 10.5 Å². The topological polar surface area (TPSA) is 67.6 Å². The number of para-hydroxylation sites is 2. The molecule has 3 N–H and O–H groups in total. The van der Waals surface area contributed by atoms with Crippen LogP contribution in [0, 0.1) is 5.41 Å². The van der Waals surface area contributed by atoms with Gasteiger partial charge in [-0.3, -0.25) is 9.69 Å². The quantitative estimate of drug-likeness (QED) is 0.866. The summed E-state index contributed by atoms with van der Waals surface area (Å²) in [7, 11) is 1.60. The molecule has 5 nitrogen and oxygen atoms in total. The molecular formula is C16H25N3O2. The predicted molar refractivity (Wildman–Crippen MR) is 84.4 cm³/mol. The minimum absolute atomic E-state index is 0.0132. The fourth-order valence-electron chi connectivity index (χ4n) is 2.71. The normalized spacial score (nSPS) is 23.8. The van der Waals surface area contributed by atoms with Gasteiger partial charge < -0.3 is 15.8 Å². The van der Waals surface area contributed by atoms with Gasteiger partial charge in [-0.1, -0.05) is 19.1 Å². The Morgan fingerprint density at radius 3 is 2.86 bits per heavy atom. The zero-order valence-corrected chi connectivity index (χ0v) is 13.1. The highest BCUT2D eigenvalue weighted by Gasteiger charge is 2.36. The highest BCUT2D eigenvalue weighted by molar-refractivity contribution is 5.95. The van der Waals surface area contributed by atoms with Crippen molar-refractivity contribution in [1.29, 1.82) is 0 Å². The Hall–Kier alpha value is -1.59. The monoisotopic (exact) mass is 291 g/mol. The van der Waals surface area contributed by atoms with Gasteiger partial charge in [0.25, 0.3) is 0 Å². The van der Waals surface area contributed by atoms with Gasteiger partial charge in [0.2, 0.25) is 5.91 Å². The molecule has 0 radical (unpaired) electrons. The number of methoxy groups -OCH3 is 1. The number of anilines is 1. The van der Waals surface area contributed by atoms with Crippen LogP contribution in [-0.2, 0) is 4.79 Å². The molecule has 0 saturated carbocycles. The van der Waals surface area contributed by atoms with Gasteiger partial charge in [0.1, 0.15) is 5.75 Å². The molecule has 1 amide bonds. The van der Waals surface area contributed by atoms with Crippen LogP contribution in [0.25, 0.3) is 0 Å². The van der Waals surface area contributed by atoms with E-state index in [1.165, 1.54) is 0 Å². The van der Waals surface area contributed by atoms with Crippen molar-refractivity contribution in [3.05, 3.63) is 24.3 Å². The first kappa shape index (κ1) is 15.8. The number of amides is 1. The summed E-state index contributed by atoms with van der Waals surface area (Å²) in [6, 6.07) is 7.26. The molecule has 0 aliphatic carbocycles. The number of rotatable bonds is 5. The molecule has 21 heavy (non-hydrogen) atoms. The maximum atomic E-state index is 12.4. The molecule has 1 aromatic rings. The van der Waals surface area contributed by atoms with Crippen molar-refractivity contribution >= 4 is 11.6 Å².